The van der Waals surface area contributed by atoms with Gasteiger partial charge in [0.15, 0.2) is 0 Å². The van der Waals surface area contributed by atoms with E-state index in [4.69, 9.17) is 4.74 Å². The van der Waals surface area contributed by atoms with Crippen molar-refractivity contribution < 1.29 is 23.9 Å². The van der Waals surface area contributed by atoms with E-state index in [-0.39, 0.29) is 30.6 Å². The second kappa shape index (κ2) is 9.54. The maximum Gasteiger partial charge on any atom is 0.268 e. The molecule has 1 saturated heterocycles. The summed E-state index contributed by atoms with van der Waals surface area (Å²) in [5.41, 5.74) is -0.249. The van der Waals surface area contributed by atoms with Gasteiger partial charge in [-0.15, -0.1) is 0 Å². The van der Waals surface area contributed by atoms with E-state index in [0.717, 1.165) is 23.7 Å². The minimum Gasteiger partial charge on any atom is -0.496 e. The number of amides is 4. The molecule has 0 spiro atoms. The molecule has 4 N–H and O–H groups in total. The minimum atomic E-state index is -1.29. The number of rotatable bonds is 8. The van der Waals surface area contributed by atoms with Crippen molar-refractivity contribution in [3.05, 3.63) is 30.0 Å². The van der Waals surface area contributed by atoms with Gasteiger partial charge in [0.2, 0.25) is 17.7 Å². The maximum atomic E-state index is 13.5. The first-order valence-corrected chi connectivity index (χ1v) is 12.8. The first-order chi connectivity index (χ1) is 17.8. The highest BCUT2D eigenvalue weighted by atomic mass is 16.5. The number of methoxy groups -OCH3 is 1. The molecule has 2 saturated carbocycles. The van der Waals surface area contributed by atoms with Crippen LogP contribution in [0.2, 0.25) is 0 Å². The zero-order chi connectivity index (χ0) is 26.3. The number of nitrogens with zero attached hydrogens (tertiary/aromatic N) is 1. The monoisotopic (exact) mass is 505 g/mol. The number of carbonyl (C=O) groups excluding carboxylic acids is 4. The number of hydrogen-bond acceptors (Lipinski definition) is 6. The Bertz CT molecular complexity index is 1310. The topological polar surface area (TPSA) is 153 Å². The van der Waals surface area contributed by atoms with Crippen molar-refractivity contribution in [1.29, 1.82) is 5.26 Å². The number of aromatic amines is 1. The van der Waals surface area contributed by atoms with Crippen LogP contribution in [0.1, 0.15) is 55.9 Å². The summed E-state index contributed by atoms with van der Waals surface area (Å²) in [6, 6.07) is 8.56. The van der Waals surface area contributed by atoms with Crippen LogP contribution in [0.5, 0.6) is 5.75 Å². The van der Waals surface area contributed by atoms with Crippen molar-refractivity contribution in [3.8, 4) is 11.8 Å². The summed E-state index contributed by atoms with van der Waals surface area (Å²) in [6.07, 6.45) is 3.38. The number of ether oxygens (including phenoxy) is 1. The fourth-order valence-corrected chi connectivity index (χ4v) is 5.96. The molecule has 1 aliphatic heterocycles. The molecular formula is C27H31N5O5. The Kier molecular flexibility index (Phi) is 6.40. The van der Waals surface area contributed by atoms with Crippen LogP contribution in [0, 0.1) is 35.0 Å². The summed E-state index contributed by atoms with van der Waals surface area (Å²) >= 11 is 0. The van der Waals surface area contributed by atoms with Crippen molar-refractivity contribution in [1.82, 2.24) is 20.9 Å². The molecular weight excluding hydrogens is 474 g/mol. The molecule has 10 nitrogen and oxygen atoms in total. The molecule has 194 valence electrons. The predicted molar refractivity (Wildman–Crippen MR) is 133 cm³/mol. The minimum absolute atomic E-state index is 0.0693. The molecule has 0 bridgehead atoms. The van der Waals surface area contributed by atoms with Gasteiger partial charge in [-0.1, -0.05) is 32.3 Å². The number of fused-ring (bicyclic) bond motifs is 2. The fraction of sp³-hybridized carbons (Fsp3) is 0.519. The zero-order valence-electron chi connectivity index (χ0n) is 20.9. The van der Waals surface area contributed by atoms with Gasteiger partial charge < -0.3 is 20.4 Å². The SMILES string of the molecule is CCC1C[C@](C#N)(NC(=O)[C@H](CC2CC2)NC(=O)c2cc3c(OC)cccc3[nH]2)C[C@H]2C(=O)NC(=O)[C@@H]12. The van der Waals surface area contributed by atoms with Crippen LogP contribution in [-0.2, 0) is 14.4 Å². The van der Waals surface area contributed by atoms with Crippen LogP contribution >= 0.6 is 0 Å². The van der Waals surface area contributed by atoms with Crippen LogP contribution < -0.4 is 20.7 Å². The van der Waals surface area contributed by atoms with Crippen molar-refractivity contribution in [3.63, 3.8) is 0 Å². The number of benzene rings is 1. The molecule has 1 aromatic heterocycles. The van der Waals surface area contributed by atoms with Gasteiger partial charge in [0, 0.05) is 10.9 Å². The second-order valence-corrected chi connectivity index (χ2v) is 10.6. The molecule has 37 heavy (non-hydrogen) atoms. The van der Waals surface area contributed by atoms with Crippen LogP contribution in [-0.4, -0.2) is 47.3 Å². The molecule has 2 aromatic rings. The van der Waals surface area contributed by atoms with Crippen LogP contribution in [0.25, 0.3) is 10.9 Å². The van der Waals surface area contributed by atoms with Crippen molar-refractivity contribution >= 4 is 34.5 Å². The number of carbonyl (C=O) groups is 4. The van der Waals surface area contributed by atoms with Gasteiger partial charge in [0.1, 0.15) is 23.0 Å². The summed E-state index contributed by atoms with van der Waals surface area (Å²) in [4.78, 5) is 54.6. The molecule has 2 aliphatic carbocycles. The van der Waals surface area contributed by atoms with E-state index in [2.05, 4.69) is 27.0 Å². The van der Waals surface area contributed by atoms with Crippen LogP contribution in [0.3, 0.4) is 0 Å². The third-order valence-electron chi connectivity index (χ3n) is 8.08. The Morgan fingerprint density at radius 3 is 2.70 bits per heavy atom. The highest BCUT2D eigenvalue weighted by Gasteiger charge is 2.55. The van der Waals surface area contributed by atoms with Crippen molar-refractivity contribution in [2.24, 2.45) is 23.7 Å². The van der Waals surface area contributed by atoms with E-state index >= 15 is 0 Å². The molecule has 4 amide bonds. The summed E-state index contributed by atoms with van der Waals surface area (Å²) in [5.74, 6) is -1.94. The van der Waals surface area contributed by atoms with Crippen LogP contribution in [0.15, 0.2) is 24.3 Å². The van der Waals surface area contributed by atoms with Gasteiger partial charge in [-0.25, -0.2) is 0 Å². The molecule has 0 radical (unpaired) electrons. The second-order valence-electron chi connectivity index (χ2n) is 10.6. The average Bonchev–Trinajstić information content (AvgIpc) is 3.52. The third-order valence-corrected chi connectivity index (χ3v) is 8.08. The number of nitrogens with one attached hydrogen (secondary N) is 4. The van der Waals surface area contributed by atoms with E-state index in [1.54, 1.807) is 19.2 Å². The first kappa shape index (κ1) is 24.8. The molecule has 1 unspecified atom stereocenters. The Labute approximate surface area is 214 Å². The molecule has 5 atom stereocenters. The highest BCUT2D eigenvalue weighted by molar-refractivity contribution is 6.05. The van der Waals surface area contributed by atoms with Crippen molar-refractivity contribution in [2.45, 2.75) is 57.0 Å². The molecule has 3 fully saturated rings. The lowest BCUT2D eigenvalue weighted by atomic mass is 9.64. The summed E-state index contributed by atoms with van der Waals surface area (Å²) in [5, 5.41) is 19.1. The number of H-pyrrole nitrogens is 1. The summed E-state index contributed by atoms with van der Waals surface area (Å²) in [6.45, 7) is 1.92. The van der Waals surface area contributed by atoms with Gasteiger partial charge in [-0.3, -0.25) is 24.5 Å². The Balaban J connectivity index is 1.35. The smallest absolute Gasteiger partial charge is 0.268 e. The van der Waals surface area contributed by atoms with E-state index in [9.17, 15) is 24.4 Å². The lowest BCUT2D eigenvalue weighted by Crippen LogP contribution is -2.59. The van der Waals surface area contributed by atoms with E-state index in [1.807, 2.05) is 19.1 Å². The lowest BCUT2D eigenvalue weighted by molar-refractivity contribution is -0.129. The van der Waals surface area contributed by atoms with Crippen molar-refractivity contribution in [2.75, 3.05) is 7.11 Å². The maximum absolute atomic E-state index is 13.5. The number of nitriles is 1. The Hall–Kier alpha value is -3.87. The van der Waals surface area contributed by atoms with E-state index in [0.29, 0.717) is 30.2 Å². The molecule has 5 rings (SSSR count). The average molecular weight is 506 g/mol. The van der Waals surface area contributed by atoms with Gasteiger partial charge in [-0.05, 0) is 49.3 Å². The lowest BCUT2D eigenvalue weighted by Gasteiger charge is -2.41. The molecule has 10 heteroatoms. The molecule has 1 aromatic carbocycles. The fourth-order valence-electron chi connectivity index (χ4n) is 5.96. The summed E-state index contributed by atoms with van der Waals surface area (Å²) in [7, 11) is 1.56. The quantitative estimate of drug-likeness (QED) is 0.403. The van der Waals surface area contributed by atoms with E-state index < -0.39 is 35.2 Å². The predicted octanol–water partition coefficient (Wildman–Crippen LogP) is 2.16. The largest absolute Gasteiger partial charge is 0.496 e. The van der Waals surface area contributed by atoms with Gasteiger partial charge >= 0.3 is 0 Å². The van der Waals surface area contributed by atoms with Gasteiger partial charge in [0.05, 0.1) is 25.0 Å². The Morgan fingerprint density at radius 1 is 1.24 bits per heavy atom. The normalized spacial score (nSPS) is 27.6. The van der Waals surface area contributed by atoms with E-state index in [1.165, 1.54) is 0 Å². The Morgan fingerprint density at radius 2 is 2.03 bits per heavy atom. The number of hydrogen-bond donors (Lipinski definition) is 4. The molecule has 3 aliphatic rings. The third kappa shape index (κ3) is 4.66. The standard InChI is InChI=1S/C27H31N5O5/c1-3-15-11-27(13-28,12-17-22(15)26(36)31-23(17)33)32-25(35)19(9-14-7-8-14)30-24(34)20-10-16-18(29-20)5-4-6-21(16)37-2/h4-6,10,14-15,17,19,22,29H,3,7-9,11-12H2,1-2H3,(H,30,34)(H,32,35)(H,31,33,36)/t15?,17-,19+,22+,27+/m1/s1. The summed E-state index contributed by atoms with van der Waals surface area (Å²) < 4.78 is 5.37. The number of aromatic nitrogens is 1. The number of imide groups is 1. The van der Waals surface area contributed by atoms with Crippen LogP contribution in [0.4, 0.5) is 0 Å². The zero-order valence-corrected chi connectivity index (χ0v) is 20.9. The molecule has 2 heterocycles. The van der Waals surface area contributed by atoms with Gasteiger partial charge in [-0.2, -0.15) is 5.26 Å². The van der Waals surface area contributed by atoms with Gasteiger partial charge in [0.25, 0.3) is 5.91 Å². The highest BCUT2D eigenvalue weighted by Crippen LogP contribution is 2.44. The first-order valence-electron chi connectivity index (χ1n) is 12.8.